The topological polar surface area (TPSA) is 41.3 Å². The van der Waals surface area contributed by atoms with Crippen LogP contribution in [0.15, 0.2) is 35.1 Å². The molecule has 19 heavy (non-hydrogen) atoms. The molecule has 0 radical (unpaired) electrons. The molecule has 1 N–H and O–H groups in total. The first kappa shape index (κ1) is 13.6. The highest BCUT2D eigenvalue weighted by molar-refractivity contribution is 5.47. The second kappa shape index (κ2) is 6.38. The molecule has 0 amide bonds. The van der Waals surface area contributed by atoms with Crippen molar-refractivity contribution in [3.8, 4) is 0 Å². The fourth-order valence-corrected chi connectivity index (χ4v) is 2.18. The van der Waals surface area contributed by atoms with Crippen molar-refractivity contribution in [3.63, 3.8) is 0 Å². The molecule has 102 valence electrons. The van der Waals surface area contributed by atoms with Gasteiger partial charge in [-0.2, -0.15) is 0 Å². The first-order valence-electron chi connectivity index (χ1n) is 6.62. The predicted molar refractivity (Wildman–Crippen MR) is 77.2 cm³/mol. The van der Waals surface area contributed by atoms with Gasteiger partial charge in [0.05, 0.1) is 12.8 Å². The molecule has 0 saturated heterocycles. The number of nitrogens with zero attached hydrogens (tertiary/aromatic N) is 2. The SMILES string of the molecule is CCN(Cc1ccco1)c1ncc(CNC)cc1C. The summed E-state index contributed by atoms with van der Waals surface area (Å²) >= 11 is 0. The Hall–Kier alpha value is -1.81. The number of aromatic nitrogens is 1. The molecular formula is C15H21N3O. The van der Waals surface area contributed by atoms with E-state index in [2.05, 4.69) is 35.1 Å². The minimum atomic E-state index is 0.753. The van der Waals surface area contributed by atoms with E-state index in [9.17, 15) is 0 Å². The molecule has 0 unspecified atom stereocenters. The lowest BCUT2D eigenvalue weighted by Crippen LogP contribution is -2.24. The molecule has 2 rings (SSSR count). The van der Waals surface area contributed by atoms with Crippen LogP contribution in [0.3, 0.4) is 0 Å². The van der Waals surface area contributed by atoms with Crippen molar-refractivity contribution in [1.29, 1.82) is 0 Å². The van der Waals surface area contributed by atoms with Crippen LogP contribution in [0, 0.1) is 6.92 Å². The zero-order chi connectivity index (χ0) is 13.7. The van der Waals surface area contributed by atoms with Gasteiger partial charge in [-0.3, -0.25) is 0 Å². The summed E-state index contributed by atoms with van der Waals surface area (Å²) in [4.78, 5) is 6.81. The number of nitrogens with one attached hydrogen (secondary N) is 1. The standard InChI is InChI=1S/C15H21N3O/c1-4-18(11-14-6-5-7-19-14)15-12(2)8-13(9-16-3)10-17-15/h5-8,10,16H,4,9,11H2,1-3H3. The average molecular weight is 259 g/mol. The summed E-state index contributed by atoms with van der Waals surface area (Å²) in [5, 5.41) is 3.14. The van der Waals surface area contributed by atoms with Crippen LogP contribution in [0.4, 0.5) is 5.82 Å². The molecule has 2 aromatic rings. The zero-order valence-electron chi connectivity index (χ0n) is 11.8. The van der Waals surface area contributed by atoms with Crippen molar-refractivity contribution in [2.75, 3.05) is 18.5 Å². The number of aryl methyl sites for hydroxylation is 1. The van der Waals surface area contributed by atoms with E-state index in [1.54, 1.807) is 6.26 Å². The van der Waals surface area contributed by atoms with Crippen molar-refractivity contribution in [2.45, 2.75) is 26.9 Å². The summed E-state index contributed by atoms with van der Waals surface area (Å²) in [7, 11) is 1.94. The molecule has 0 aliphatic heterocycles. The van der Waals surface area contributed by atoms with Gasteiger partial charge in [-0.1, -0.05) is 0 Å². The number of furan rings is 1. The lowest BCUT2D eigenvalue weighted by molar-refractivity contribution is 0.502. The van der Waals surface area contributed by atoms with Gasteiger partial charge >= 0.3 is 0 Å². The van der Waals surface area contributed by atoms with Crippen LogP contribution in [0.25, 0.3) is 0 Å². The molecule has 0 fully saturated rings. The summed E-state index contributed by atoms with van der Waals surface area (Å²) < 4.78 is 5.41. The van der Waals surface area contributed by atoms with Crippen molar-refractivity contribution >= 4 is 5.82 Å². The van der Waals surface area contributed by atoms with Gasteiger partial charge in [0.1, 0.15) is 11.6 Å². The minimum Gasteiger partial charge on any atom is -0.467 e. The van der Waals surface area contributed by atoms with E-state index in [1.807, 2.05) is 25.4 Å². The number of anilines is 1. The maximum Gasteiger partial charge on any atom is 0.131 e. The molecule has 0 spiro atoms. The smallest absolute Gasteiger partial charge is 0.131 e. The van der Waals surface area contributed by atoms with Crippen molar-refractivity contribution in [1.82, 2.24) is 10.3 Å². The Labute approximate surface area is 114 Å². The predicted octanol–water partition coefficient (Wildman–Crippen LogP) is 2.73. The van der Waals surface area contributed by atoms with Gasteiger partial charge in [0.25, 0.3) is 0 Å². The lowest BCUT2D eigenvalue weighted by atomic mass is 10.2. The maximum atomic E-state index is 5.41. The Morgan fingerprint density at radius 1 is 1.42 bits per heavy atom. The Balaban J connectivity index is 2.18. The van der Waals surface area contributed by atoms with E-state index >= 15 is 0 Å². The third-order valence-electron chi connectivity index (χ3n) is 3.10. The van der Waals surface area contributed by atoms with Gasteiger partial charge in [-0.25, -0.2) is 4.98 Å². The molecule has 0 aliphatic rings. The van der Waals surface area contributed by atoms with Gasteiger partial charge in [-0.15, -0.1) is 0 Å². The lowest BCUT2D eigenvalue weighted by Gasteiger charge is -2.23. The highest BCUT2D eigenvalue weighted by Gasteiger charge is 2.11. The van der Waals surface area contributed by atoms with E-state index in [4.69, 9.17) is 4.42 Å². The van der Waals surface area contributed by atoms with Crippen molar-refractivity contribution in [2.24, 2.45) is 0 Å². The monoisotopic (exact) mass is 259 g/mol. The van der Waals surface area contributed by atoms with Crippen LogP contribution in [0.1, 0.15) is 23.8 Å². The summed E-state index contributed by atoms with van der Waals surface area (Å²) in [6.45, 7) is 6.74. The first-order valence-corrected chi connectivity index (χ1v) is 6.62. The summed E-state index contributed by atoms with van der Waals surface area (Å²) in [5.74, 6) is 1.99. The van der Waals surface area contributed by atoms with Gasteiger partial charge in [0, 0.05) is 19.3 Å². The second-order valence-corrected chi connectivity index (χ2v) is 4.61. The van der Waals surface area contributed by atoms with Crippen LogP contribution in [0.5, 0.6) is 0 Å². The molecule has 0 aliphatic carbocycles. The summed E-state index contributed by atoms with van der Waals surface area (Å²) in [6.07, 6.45) is 3.64. The van der Waals surface area contributed by atoms with E-state index in [-0.39, 0.29) is 0 Å². The van der Waals surface area contributed by atoms with E-state index in [0.717, 1.165) is 31.2 Å². The fourth-order valence-electron chi connectivity index (χ4n) is 2.18. The van der Waals surface area contributed by atoms with Crippen LogP contribution in [-0.4, -0.2) is 18.6 Å². The van der Waals surface area contributed by atoms with Gasteiger partial charge in [0.2, 0.25) is 0 Å². The molecule has 0 bridgehead atoms. The molecule has 4 heteroatoms. The van der Waals surface area contributed by atoms with E-state index in [1.165, 1.54) is 11.1 Å². The third kappa shape index (κ3) is 3.35. The summed E-state index contributed by atoms with van der Waals surface area (Å²) in [6, 6.07) is 6.09. The van der Waals surface area contributed by atoms with Crippen LogP contribution < -0.4 is 10.2 Å². The van der Waals surface area contributed by atoms with Crippen LogP contribution >= 0.6 is 0 Å². The molecule has 2 aromatic heterocycles. The number of hydrogen-bond donors (Lipinski definition) is 1. The third-order valence-corrected chi connectivity index (χ3v) is 3.10. The Bertz CT molecular complexity index is 508. The van der Waals surface area contributed by atoms with Crippen molar-refractivity contribution in [3.05, 3.63) is 47.5 Å². The largest absolute Gasteiger partial charge is 0.467 e. The number of pyridine rings is 1. The summed E-state index contributed by atoms with van der Waals surface area (Å²) in [5.41, 5.74) is 2.40. The van der Waals surface area contributed by atoms with Gasteiger partial charge in [0.15, 0.2) is 0 Å². The van der Waals surface area contributed by atoms with Crippen LogP contribution in [-0.2, 0) is 13.1 Å². The van der Waals surface area contributed by atoms with E-state index in [0.29, 0.717) is 0 Å². The van der Waals surface area contributed by atoms with E-state index < -0.39 is 0 Å². The van der Waals surface area contributed by atoms with Crippen molar-refractivity contribution < 1.29 is 4.42 Å². The molecule has 0 aromatic carbocycles. The fraction of sp³-hybridized carbons (Fsp3) is 0.400. The van der Waals surface area contributed by atoms with Crippen LogP contribution in [0.2, 0.25) is 0 Å². The Morgan fingerprint density at radius 3 is 2.84 bits per heavy atom. The zero-order valence-corrected chi connectivity index (χ0v) is 11.8. The molecule has 0 saturated carbocycles. The Kier molecular flexibility index (Phi) is 4.58. The normalized spacial score (nSPS) is 10.7. The highest BCUT2D eigenvalue weighted by atomic mass is 16.3. The highest BCUT2D eigenvalue weighted by Crippen LogP contribution is 2.20. The van der Waals surface area contributed by atoms with Gasteiger partial charge in [-0.05, 0) is 50.2 Å². The Morgan fingerprint density at radius 2 is 2.26 bits per heavy atom. The molecule has 4 nitrogen and oxygen atoms in total. The average Bonchev–Trinajstić information content (AvgIpc) is 2.90. The quantitative estimate of drug-likeness (QED) is 0.866. The second-order valence-electron chi connectivity index (χ2n) is 4.61. The minimum absolute atomic E-state index is 0.753. The molecular weight excluding hydrogens is 238 g/mol. The number of rotatable bonds is 6. The molecule has 2 heterocycles. The maximum absolute atomic E-state index is 5.41. The number of hydrogen-bond acceptors (Lipinski definition) is 4. The first-order chi connectivity index (χ1) is 9.24. The molecule has 0 atom stereocenters. The van der Waals surface area contributed by atoms with Gasteiger partial charge < -0.3 is 14.6 Å².